The van der Waals surface area contributed by atoms with E-state index in [2.05, 4.69) is 4.90 Å². The maximum absolute atomic E-state index is 12.2. The summed E-state index contributed by atoms with van der Waals surface area (Å²) in [5, 5.41) is 0. The Hall–Kier alpha value is -1.93. The number of carbonyl (C=O) groups is 2. The lowest BCUT2D eigenvalue weighted by Gasteiger charge is -2.37. The number of amides is 1. The Morgan fingerprint density at radius 1 is 1.24 bits per heavy atom. The summed E-state index contributed by atoms with van der Waals surface area (Å²) in [6.45, 7) is 4.46. The van der Waals surface area contributed by atoms with E-state index in [1.54, 1.807) is 13.0 Å². The van der Waals surface area contributed by atoms with Gasteiger partial charge in [0.05, 0.1) is 4.90 Å². The number of hydrogen-bond donors (Lipinski definition) is 1. The van der Waals surface area contributed by atoms with Gasteiger partial charge >= 0.3 is 0 Å². The lowest BCUT2D eigenvalue weighted by Crippen LogP contribution is -2.42. The van der Waals surface area contributed by atoms with Crippen molar-refractivity contribution in [1.82, 2.24) is 4.90 Å². The third-order valence-corrected chi connectivity index (χ3v) is 5.90. The fourth-order valence-corrected chi connectivity index (χ4v) is 4.10. The van der Waals surface area contributed by atoms with Crippen LogP contribution in [0.2, 0.25) is 0 Å². The largest absolute Gasteiger partial charge is 0.370 e. The number of Topliss-reactive ketones (excluding diaryl/α,β-unsaturated/α-hetero) is 1. The highest BCUT2D eigenvalue weighted by molar-refractivity contribution is 7.85. The maximum atomic E-state index is 12.2. The van der Waals surface area contributed by atoms with E-state index in [0.29, 0.717) is 24.4 Å². The number of nitrogens with zero attached hydrogens (tertiary/aromatic N) is 2. The number of piperidine rings is 1. The van der Waals surface area contributed by atoms with Crippen molar-refractivity contribution in [3.63, 3.8) is 0 Å². The first-order valence-corrected chi connectivity index (χ1v) is 9.85. The fraction of sp³-hybridized carbons (Fsp3) is 0.529. The number of benzene rings is 1. The molecule has 8 heteroatoms. The van der Waals surface area contributed by atoms with Crippen LogP contribution in [0.5, 0.6) is 0 Å². The van der Waals surface area contributed by atoms with Crippen molar-refractivity contribution in [1.29, 1.82) is 0 Å². The van der Waals surface area contributed by atoms with E-state index in [0.717, 1.165) is 38.2 Å². The van der Waals surface area contributed by atoms with Gasteiger partial charge in [-0.3, -0.25) is 14.1 Å². The highest BCUT2D eigenvalue weighted by atomic mass is 32.2. The zero-order valence-electron chi connectivity index (χ0n) is 14.1. The second kappa shape index (κ2) is 6.76. The minimum atomic E-state index is -4.33. The standard InChI is InChI=1S/C17H22N2O5S/c1-12(20)18-7-4-13(5-8-18)11-19-9-6-17(21)15-10-14(25(22,23)24)2-3-16(15)19/h2-3,10,13H,4-9,11H2,1H3,(H,22,23,24). The SMILES string of the molecule is CC(=O)N1CCC(CN2CCC(=O)c3cc(S(=O)(=O)O)ccc32)CC1. The molecule has 0 atom stereocenters. The summed E-state index contributed by atoms with van der Waals surface area (Å²) in [6, 6.07) is 4.19. The average Bonchev–Trinajstić information content (AvgIpc) is 2.57. The van der Waals surface area contributed by atoms with Crippen LogP contribution in [-0.2, 0) is 14.9 Å². The van der Waals surface area contributed by atoms with E-state index in [4.69, 9.17) is 0 Å². The Morgan fingerprint density at radius 2 is 1.92 bits per heavy atom. The molecule has 2 heterocycles. The summed E-state index contributed by atoms with van der Waals surface area (Å²) in [4.78, 5) is 27.3. The topological polar surface area (TPSA) is 95.0 Å². The van der Waals surface area contributed by atoms with Crippen LogP contribution < -0.4 is 4.90 Å². The molecule has 1 fully saturated rings. The van der Waals surface area contributed by atoms with Crippen LogP contribution in [0.3, 0.4) is 0 Å². The van der Waals surface area contributed by atoms with Gasteiger partial charge in [0.1, 0.15) is 0 Å². The zero-order valence-corrected chi connectivity index (χ0v) is 15.0. The summed E-state index contributed by atoms with van der Waals surface area (Å²) in [7, 11) is -4.33. The minimum absolute atomic E-state index is 0.102. The molecule has 0 unspecified atom stereocenters. The predicted octanol–water partition coefficient (Wildman–Crippen LogP) is 1.58. The molecule has 25 heavy (non-hydrogen) atoms. The number of anilines is 1. The molecule has 3 rings (SSSR count). The van der Waals surface area contributed by atoms with Crippen molar-refractivity contribution in [2.24, 2.45) is 5.92 Å². The van der Waals surface area contributed by atoms with Crippen LogP contribution in [0.15, 0.2) is 23.1 Å². The number of likely N-dealkylation sites (tertiary alicyclic amines) is 1. The number of fused-ring (bicyclic) bond motifs is 1. The molecular formula is C17H22N2O5S. The number of ketones is 1. The van der Waals surface area contributed by atoms with Gasteiger partial charge in [0.25, 0.3) is 10.1 Å². The monoisotopic (exact) mass is 366 g/mol. The molecule has 2 aliphatic rings. The van der Waals surface area contributed by atoms with Crippen LogP contribution in [0, 0.1) is 5.92 Å². The second-order valence-electron chi connectivity index (χ2n) is 6.72. The summed E-state index contributed by atoms with van der Waals surface area (Å²) < 4.78 is 31.8. The molecule has 1 aromatic carbocycles. The first-order valence-electron chi connectivity index (χ1n) is 8.41. The molecule has 0 bridgehead atoms. The molecule has 136 valence electrons. The Kier molecular flexibility index (Phi) is 4.83. The minimum Gasteiger partial charge on any atom is -0.370 e. The average molecular weight is 366 g/mol. The molecule has 7 nitrogen and oxygen atoms in total. The van der Waals surface area contributed by atoms with Gasteiger partial charge in [-0.15, -0.1) is 0 Å². The molecule has 0 aromatic heterocycles. The van der Waals surface area contributed by atoms with Crippen LogP contribution in [0.1, 0.15) is 36.5 Å². The zero-order chi connectivity index (χ0) is 18.2. The van der Waals surface area contributed by atoms with Crippen molar-refractivity contribution in [3.8, 4) is 0 Å². The van der Waals surface area contributed by atoms with Crippen LogP contribution >= 0.6 is 0 Å². The van der Waals surface area contributed by atoms with Gasteiger partial charge in [0.15, 0.2) is 5.78 Å². The number of carbonyl (C=O) groups excluding carboxylic acids is 2. The van der Waals surface area contributed by atoms with E-state index in [1.165, 1.54) is 12.1 Å². The third-order valence-electron chi connectivity index (χ3n) is 5.05. The second-order valence-corrected chi connectivity index (χ2v) is 8.14. The molecular weight excluding hydrogens is 344 g/mol. The smallest absolute Gasteiger partial charge is 0.294 e. The molecule has 0 spiro atoms. The number of hydrogen-bond acceptors (Lipinski definition) is 5. The van der Waals surface area contributed by atoms with Crippen LogP contribution in [0.4, 0.5) is 5.69 Å². The van der Waals surface area contributed by atoms with Gasteiger partial charge < -0.3 is 9.80 Å². The van der Waals surface area contributed by atoms with Crippen molar-refractivity contribution >= 4 is 27.5 Å². The molecule has 1 saturated heterocycles. The van der Waals surface area contributed by atoms with Crippen LogP contribution in [-0.4, -0.2) is 55.7 Å². The summed E-state index contributed by atoms with van der Waals surface area (Å²) in [5.41, 5.74) is 1.07. The highest BCUT2D eigenvalue weighted by Crippen LogP contribution is 2.31. The van der Waals surface area contributed by atoms with E-state index < -0.39 is 10.1 Å². The summed E-state index contributed by atoms with van der Waals surface area (Å²) in [6.07, 6.45) is 2.17. The fourth-order valence-electron chi connectivity index (χ4n) is 3.60. The van der Waals surface area contributed by atoms with Gasteiger partial charge in [0, 0.05) is 50.8 Å². The first-order chi connectivity index (χ1) is 11.8. The molecule has 0 saturated carbocycles. The van der Waals surface area contributed by atoms with E-state index in [1.807, 2.05) is 4.90 Å². The van der Waals surface area contributed by atoms with Crippen molar-refractivity contribution in [3.05, 3.63) is 23.8 Å². The first kappa shape index (κ1) is 17.9. The van der Waals surface area contributed by atoms with E-state index >= 15 is 0 Å². The van der Waals surface area contributed by atoms with Crippen molar-refractivity contribution < 1.29 is 22.6 Å². The highest BCUT2D eigenvalue weighted by Gasteiger charge is 2.28. The molecule has 1 aromatic rings. The van der Waals surface area contributed by atoms with Gasteiger partial charge in [-0.25, -0.2) is 0 Å². The van der Waals surface area contributed by atoms with Gasteiger partial charge in [-0.1, -0.05) is 0 Å². The summed E-state index contributed by atoms with van der Waals surface area (Å²) >= 11 is 0. The third kappa shape index (κ3) is 3.85. The van der Waals surface area contributed by atoms with Crippen molar-refractivity contribution in [2.45, 2.75) is 31.1 Å². The normalized spacial score (nSPS) is 19.0. The Labute approximate surface area is 147 Å². The lowest BCUT2D eigenvalue weighted by atomic mass is 9.93. The Morgan fingerprint density at radius 3 is 2.52 bits per heavy atom. The lowest BCUT2D eigenvalue weighted by molar-refractivity contribution is -0.130. The van der Waals surface area contributed by atoms with Gasteiger partial charge in [-0.2, -0.15) is 8.42 Å². The summed E-state index contributed by atoms with van der Waals surface area (Å²) in [5.74, 6) is 0.422. The molecule has 1 amide bonds. The molecule has 0 radical (unpaired) electrons. The predicted molar refractivity (Wildman–Crippen MR) is 92.4 cm³/mol. The molecule has 0 aliphatic carbocycles. The van der Waals surface area contributed by atoms with Gasteiger partial charge in [-0.05, 0) is 37.0 Å². The van der Waals surface area contributed by atoms with E-state index in [-0.39, 0.29) is 16.6 Å². The Balaban J connectivity index is 1.76. The number of rotatable bonds is 3. The maximum Gasteiger partial charge on any atom is 0.294 e. The molecule has 2 aliphatic heterocycles. The van der Waals surface area contributed by atoms with E-state index in [9.17, 15) is 22.6 Å². The quantitative estimate of drug-likeness (QED) is 0.816. The van der Waals surface area contributed by atoms with Crippen LogP contribution in [0.25, 0.3) is 0 Å². The van der Waals surface area contributed by atoms with Crippen molar-refractivity contribution in [2.75, 3.05) is 31.1 Å². The Bertz CT molecular complexity index is 797. The molecule has 1 N–H and O–H groups in total. The van der Waals surface area contributed by atoms with Gasteiger partial charge in [0.2, 0.25) is 5.91 Å².